The van der Waals surface area contributed by atoms with E-state index in [4.69, 9.17) is 0 Å². The maximum atomic E-state index is 13.9. The molecule has 0 saturated heterocycles. The van der Waals surface area contributed by atoms with Crippen molar-refractivity contribution in [2.75, 3.05) is 28.2 Å². The first-order valence-corrected chi connectivity index (χ1v) is 8.47. The van der Waals surface area contributed by atoms with Crippen LogP contribution in [0.5, 0.6) is 0 Å². The van der Waals surface area contributed by atoms with Crippen LogP contribution in [-0.4, -0.2) is 44.0 Å². The average Bonchev–Trinajstić information content (AvgIpc) is 2.57. The molecular formula is C20H27F2IN4. The van der Waals surface area contributed by atoms with E-state index in [1.165, 1.54) is 18.2 Å². The topological polar surface area (TPSA) is 30.9 Å². The summed E-state index contributed by atoms with van der Waals surface area (Å²) in [6, 6.07) is 11.6. The lowest BCUT2D eigenvalue weighted by Gasteiger charge is -2.22. The molecule has 0 heterocycles. The second-order valence-corrected chi connectivity index (χ2v) is 6.55. The fourth-order valence-electron chi connectivity index (χ4n) is 2.75. The fourth-order valence-corrected chi connectivity index (χ4v) is 2.75. The highest BCUT2D eigenvalue weighted by Crippen LogP contribution is 2.12. The number of benzene rings is 2. The molecule has 0 spiro atoms. The highest BCUT2D eigenvalue weighted by atomic mass is 127. The first kappa shape index (κ1) is 23.3. The van der Waals surface area contributed by atoms with E-state index in [-0.39, 0.29) is 35.6 Å². The number of rotatable bonds is 6. The average molecular weight is 488 g/mol. The van der Waals surface area contributed by atoms with Gasteiger partial charge in [-0.3, -0.25) is 4.99 Å². The Morgan fingerprint density at radius 3 is 2.37 bits per heavy atom. The lowest BCUT2D eigenvalue weighted by molar-refractivity contribution is 0.392. The standard InChI is InChI=1S/C20H26F2N4.HI/c1-23-20(26(4)13-16-6-5-7-18(21)11-16)24-12-15-8-9-19(22)17(10-15)14-25(2)3;/h5-11H,12-14H2,1-4H3,(H,23,24);1H. The van der Waals surface area contributed by atoms with Crippen LogP contribution in [0.1, 0.15) is 16.7 Å². The molecule has 0 unspecified atom stereocenters. The minimum atomic E-state index is -0.251. The summed E-state index contributed by atoms with van der Waals surface area (Å²) in [5.74, 6) is 0.237. The molecule has 0 aliphatic rings. The van der Waals surface area contributed by atoms with E-state index in [1.807, 2.05) is 43.1 Å². The van der Waals surface area contributed by atoms with E-state index < -0.39 is 0 Å². The summed E-state index contributed by atoms with van der Waals surface area (Å²) in [6.07, 6.45) is 0. The third-order valence-corrected chi connectivity index (χ3v) is 3.93. The zero-order valence-corrected chi connectivity index (χ0v) is 18.5. The summed E-state index contributed by atoms with van der Waals surface area (Å²) < 4.78 is 27.2. The Hall–Kier alpha value is -1.74. The number of hydrogen-bond donors (Lipinski definition) is 1. The van der Waals surface area contributed by atoms with Crippen LogP contribution in [0.4, 0.5) is 8.78 Å². The van der Waals surface area contributed by atoms with E-state index in [0.29, 0.717) is 31.2 Å². The van der Waals surface area contributed by atoms with Crippen LogP contribution < -0.4 is 5.32 Å². The van der Waals surface area contributed by atoms with E-state index in [0.717, 1.165) is 11.1 Å². The van der Waals surface area contributed by atoms with Crippen LogP contribution in [0.15, 0.2) is 47.5 Å². The summed E-state index contributed by atoms with van der Waals surface area (Å²) >= 11 is 0. The molecule has 0 saturated carbocycles. The van der Waals surface area contributed by atoms with Gasteiger partial charge in [0.05, 0.1) is 0 Å². The number of hydrogen-bond acceptors (Lipinski definition) is 2. The van der Waals surface area contributed by atoms with Crippen LogP contribution in [0.25, 0.3) is 0 Å². The Morgan fingerprint density at radius 2 is 1.74 bits per heavy atom. The molecule has 2 aromatic rings. The van der Waals surface area contributed by atoms with Crippen LogP contribution in [0, 0.1) is 11.6 Å². The van der Waals surface area contributed by atoms with Gasteiger partial charge in [0.25, 0.3) is 0 Å². The summed E-state index contributed by atoms with van der Waals surface area (Å²) in [6.45, 7) is 1.61. The van der Waals surface area contributed by atoms with Gasteiger partial charge >= 0.3 is 0 Å². The van der Waals surface area contributed by atoms with Crippen molar-refractivity contribution >= 4 is 29.9 Å². The molecule has 2 aromatic carbocycles. The first-order chi connectivity index (χ1) is 12.4. The first-order valence-electron chi connectivity index (χ1n) is 8.47. The number of halogens is 3. The van der Waals surface area contributed by atoms with Crippen molar-refractivity contribution in [3.8, 4) is 0 Å². The Morgan fingerprint density at radius 1 is 1.00 bits per heavy atom. The molecule has 0 fully saturated rings. The third-order valence-electron chi connectivity index (χ3n) is 3.93. The van der Waals surface area contributed by atoms with Crippen molar-refractivity contribution in [1.82, 2.24) is 15.1 Å². The largest absolute Gasteiger partial charge is 0.352 e. The number of nitrogens with one attached hydrogen (secondary N) is 1. The smallest absolute Gasteiger partial charge is 0.193 e. The third kappa shape index (κ3) is 7.42. The molecule has 0 amide bonds. The van der Waals surface area contributed by atoms with Crippen molar-refractivity contribution in [2.45, 2.75) is 19.6 Å². The molecule has 1 N–H and O–H groups in total. The minimum absolute atomic E-state index is 0. The van der Waals surface area contributed by atoms with Gasteiger partial charge in [-0.25, -0.2) is 8.78 Å². The maximum absolute atomic E-state index is 13.9. The lowest BCUT2D eigenvalue weighted by atomic mass is 10.1. The summed E-state index contributed by atoms with van der Waals surface area (Å²) in [7, 11) is 7.41. The Kier molecular flexibility index (Phi) is 9.65. The predicted molar refractivity (Wildman–Crippen MR) is 117 cm³/mol. The van der Waals surface area contributed by atoms with E-state index in [1.54, 1.807) is 19.2 Å². The Labute approximate surface area is 177 Å². The van der Waals surface area contributed by atoms with E-state index >= 15 is 0 Å². The molecule has 27 heavy (non-hydrogen) atoms. The lowest BCUT2D eigenvalue weighted by Crippen LogP contribution is -2.38. The molecule has 4 nitrogen and oxygen atoms in total. The van der Waals surface area contributed by atoms with E-state index in [9.17, 15) is 8.78 Å². The normalized spacial score (nSPS) is 11.3. The van der Waals surface area contributed by atoms with Crippen molar-refractivity contribution in [3.05, 3.63) is 70.8 Å². The Bertz CT molecular complexity index is 765. The van der Waals surface area contributed by atoms with Gasteiger partial charge in [0.15, 0.2) is 5.96 Å². The Balaban J connectivity index is 0.00000364. The zero-order chi connectivity index (χ0) is 19.1. The maximum Gasteiger partial charge on any atom is 0.193 e. The molecule has 148 valence electrons. The number of guanidine groups is 1. The molecule has 0 atom stereocenters. The van der Waals surface area contributed by atoms with Gasteiger partial charge in [-0.05, 0) is 49.5 Å². The second-order valence-electron chi connectivity index (χ2n) is 6.55. The molecular weight excluding hydrogens is 461 g/mol. The van der Waals surface area contributed by atoms with E-state index in [2.05, 4.69) is 10.3 Å². The molecule has 7 heteroatoms. The molecule has 0 bridgehead atoms. The quantitative estimate of drug-likeness (QED) is 0.381. The summed E-state index contributed by atoms with van der Waals surface area (Å²) in [5, 5.41) is 3.27. The van der Waals surface area contributed by atoms with Crippen LogP contribution >= 0.6 is 24.0 Å². The van der Waals surface area contributed by atoms with Gasteiger partial charge in [-0.1, -0.05) is 18.2 Å². The SMILES string of the molecule is CN=C(NCc1ccc(F)c(CN(C)C)c1)N(C)Cc1cccc(F)c1.I. The van der Waals surface area contributed by atoms with Crippen LogP contribution in [0.3, 0.4) is 0 Å². The highest BCUT2D eigenvalue weighted by Gasteiger charge is 2.09. The minimum Gasteiger partial charge on any atom is -0.352 e. The summed E-state index contributed by atoms with van der Waals surface area (Å²) in [4.78, 5) is 8.11. The van der Waals surface area contributed by atoms with Crippen molar-refractivity contribution < 1.29 is 8.78 Å². The molecule has 0 radical (unpaired) electrons. The van der Waals surface area contributed by atoms with Gasteiger partial charge in [-0.2, -0.15) is 0 Å². The van der Waals surface area contributed by atoms with Gasteiger partial charge < -0.3 is 15.1 Å². The zero-order valence-electron chi connectivity index (χ0n) is 16.2. The predicted octanol–water partition coefficient (Wildman–Crippen LogP) is 3.85. The van der Waals surface area contributed by atoms with Crippen LogP contribution in [0.2, 0.25) is 0 Å². The van der Waals surface area contributed by atoms with Crippen molar-refractivity contribution in [2.24, 2.45) is 4.99 Å². The monoisotopic (exact) mass is 488 g/mol. The molecule has 0 aliphatic heterocycles. The summed E-state index contributed by atoms with van der Waals surface area (Å²) in [5.41, 5.74) is 2.51. The van der Waals surface area contributed by atoms with Crippen LogP contribution in [-0.2, 0) is 19.6 Å². The van der Waals surface area contributed by atoms with Gasteiger partial charge in [-0.15, -0.1) is 24.0 Å². The van der Waals surface area contributed by atoms with Gasteiger partial charge in [0.1, 0.15) is 11.6 Å². The second kappa shape index (κ2) is 11.2. The number of nitrogens with zero attached hydrogens (tertiary/aromatic N) is 3. The number of aliphatic imine (C=N–C) groups is 1. The van der Waals surface area contributed by atoms with Crippen molar-refractivity contribution in [1.29, 1.82) is 0 Å². The molecule has 0 aliphatic carbocycles. The van der Waals surface area contributed by atoms with Crippen molar-refractivity contribution in [3.63, 3.8) is 0 Å². The van der Waals surface area contributed by atoms with Gasteiger partial charge in [0.2, 0.25) is 0 Å². The van der Waals surface area contributed by atoms with Gasteiger partial charge in [0, 0.05) is 39.3 Å². The molecule has 2 rings (SSSR count). The molecule has 0 aromatic heterocycles. The highest BCUT2D eigenvalue weighted by molar-refractivity contribution is 14.0. The fraction of sp³-hybridized carbons (Fsp3) is 0.350.